The van der Waals surface area contributed by atoms with Crippen LogP contribution < -0.4 is 4.90 Å². The van der Waals surface area contributed by atoms with Crippen LogP contribution in [0.25, 0.3) is 33.4 Å². The summed E-state index contributed by atoms with van der Waals surface area (Å²) < 4.78 is 0. The summed E-state index contributed by atoms with van der Waals surface area (Å²) in [5.74, 6) is 0. The molecule has 0 heterocycles. The maximum absolute atomic E-state index is 2.28. The summed E-state index contributed by atoms with van der Waals surface area (Å²) in [7, 11) is 2.14. The summed E-state index contributed by atoms with van der Waals surface area (Å²) in [4.78, 5) is 2.27. The van der Waals surface area contributed by atoms with Gasteiger partial charge in [0, 0.05) is 24.0 Å². The first-order valence-electron chi connectivity index (χ1n) is 10.9. The minimum Gasteiger partial charge on any atom is -0.344 e. The summed E-state index contributed by atoms with van der Waals surface area (Å²) in [6.07, 6.45) is 0. The third kappa shape index (κ3) is 3.93. The average Bonchev–Trinajstić information content (AvgIpc) is 2.89. The summed E-state index contributed by atoms with van der Waals surface area (Å²) in [6, 6.07) is 47.2. The fourth-order valence-corrected chi connectivity index (χ4v) is 4.25. The molecule has 0 aliphatic heterocycles. The van der Waals surface area contributed by atoms with E-state index in [2.05, 4.69) is 145 Å². The molecule has 1 nitrogen and oxygen atoms in total. The zero-order valence-corrected chi connectivity index (χ0v) is 18.1. The van der Waals surface area contributed by atoms with Crippen molar-refractivity contribution in [2.45, 2.75) is 0 Å². The average molecular weight is 412 g/mol. The molecule has 0 saturated carbocycles. The Kier molecular flexibility index (Phi) is 5.55. The normalized spacial score (nSPS) is 10.7. The van der Waals surface area contributed by atoms with Gasteiger partial charge in [-0.05, 0) is 46.0 Å². The Balaban J connectivity index is 1.56. The molecule has 0 unspecified atom stereocenters. The van der Waals surface area contributed by atoms with Gasteiger partial charge in [-0.3, -0.25) is 0 Å². The molecular formula is C31H25N. The third-order valence-electron chi connectivity index (χ3n) is 5.91. The van der Waals surface area contributed by atoms with Crippen LogP contribution in [-0.4, -0.2) is 7.05 Å². The van der Waals surface area contributed by atoms with Crippen molar-refractivity contribution >= 4 is 11.4 Å². The van der Waals surface area contributed by atoms with Crippen molar-refractivity contribution < 1.29 is 0 Å². The number of rotatable bonds is 5. The van der Waals surface area contributed by atoms with Gasteiger partial charge in [-0.2, -0.15) is 0 Å². The fraction of sp³-hybridized carbons (Fsp3) is 0.0323. The number of para-hydroxylation sites is 1. The van der Waals surface area contributed by atoms with Gasteiger partial charge in [0.1, 0.15) is 0 Å². The number of nitrogens with zero attached hydrogens (tertiary/aromatic N) is 1. The Bertz CT molecular complexity index is 1320. The number of benzene rings is 5. The Morgan fingerprint density at radius 1 is 0.406 bits per heavy atom. The van der Waals surface area contributed by atoms with Gasteiger partial charge < -0.3 is 4.90 Å². The summed E-state index contributed by atoms with van der Waals surface area (Å²) in [6.45, 7) is 0. The van der Waals surface area contributed by atoms with Gasteiger partial charge in [-0.15, -0.1) is 0 Å². The highest BCUT2D eigenvalue weighted by atomic mass is 15.1. The van der Waals surface area contributed by atoms with E-state index in [9.17, 15) is 0 Å². The SMILES string of the molecule is CN(c1cccc(-c2ccccc2-c2ccccc2)c1)c1ccccc1-c1ccccc1. The van der Waals surface area contributed by atoms with E-state index < -0.39 is 0 Å². The van der Waals surface area contributed by atoms with Crippen LogP contribution in [-0.2, 0) is 0 Å². The predicted molar refractivity (Wildman–Crippen MR) is 137 cm³/mol. The summed E-state index contributed by atoms with van der Waals surface area (Å²) in [5, 5.41) is 0. The molecule has 0 radical (unpaired) electrons. The van der Waals surface area contributed by atoms with Crippen molar-refractivity contribution in [3.63, 3.8) is 0 Å². The highest BCUT2D eigenvalue weighted by Crippen LogP contribution is 2.37. The van der Waals surface area contributed by atoms with Crippen molar-refractivity contribution in [1.29, 1.82) is 0 Å². The van der Waals surface area contributed by atoms with E-state index in [0.29, 0.717) is 0 Å². The number of anilines is 2. The molecule has 0 atom stereocenters. The molecule has 0 N–H and O–H groups in total. The minimum absolute atomic E-state index is 1.16. The predicted octanol–water partition coefficient (Wildman–Crippen LogP) is 8.46. The molecule has 0 saturated heterocycles. The lowest BCUT2D eigenvalue weighted by molar-refractivity contribution is 1.21. The van der Waals surface area contributed by atoms with E-state index in [1.54, 1.807) is 0 Å². The molecule has 0 bridgehead atoms. The smallest absolute Gasteiger partial charge is 0.0487 e. The maximum Gasteiger partial charge on any atom is 0.0487 e. The molecule has 0 fully saturated rings. The Morgan fingerprint density at radius 3 is 1.53 bits per heavy atom. The van der Waals surface area contributed by atoms with Crippen molar-refractivity contribution in [3.8, 4) is 33.4 Å². The first-order valence-corrected chi connectivity index (χ1v) is 10.9. The lowest BCUT2D eigenvalue weighted by Gasteiger charge is -2.24. The largest absolute Gasteiger partial charge is 0.344 e. The molecule has 1 heteroatoms. The van der Waals surface area contributed by atoms with E-state index in [1.807, 2.05) is 0 Å². The second-order valence-electron chi connectivity index (χ2n) is 7.90. The van der Waals surface area contributed by atoms with Crippen molar-refractivity contribution in [2.75, 3.05) is 11.9 Å². The van der Waals surface area contributed by atoms with Crippen molar-refractivity contribution in [1.82, 2.24) is 0 Å². The zero-order valence-electron chi connectivity index (χ0n) is 18.1. The second kappa shape index (κ2) is 8.95. The quantitative estimate of drug-likeness (QED) is 0.280. The molecule has 0 spiro atoms. The summed E-state index contributed by atoms with van der Waals surface area (Å²) in [5.41, 5.74) is 9.73. The van der Waals surface area contributed by atoms with E-state index in [4.69, 9.17) is 0 Å². The van der Waals surface area contributed by atoms with E-state index in [1.165, 1.54) is 39.1 Å². The highest BCUT2D eigenvalue weighted by Gasteiger charge is 2.12. The third-order valence-corrected chi connectivity index (χ3v) is 5.91. The molecule has 5 rings (SSSR count). The van der Waals surface area contributed by atoms with Crippen LogP contribution in [0.1, 0.15) is 0 Å². The minimum atomic E-state index is 1.16. The first kappa shape index (κ1) is 19.8. The fourth-order valence-electron chi connectivity index (χ4n) is 4.25. The molecule has 0 aromatic heterocycles. The van der Waals surface area contributed by atoms with E-state index >= 15 is 0 Å². The molecule has 0 amide bonds. The monoisotopic (exact) mass is 411 g/mol. The second-order valence-corrected chi connectivity index (χ2v) is 7.90. The van der Waals surface area contributed by atoms with Gasteiger partial charge >= 0.3 is 0 Å². The van der Waals surface area contributed by atoms with E-state index in [0.717, 1.165) is 5.69 Å². The molecule has 154 valence electrons. The van der Waals surface area contributed by atoms with Gasteiger partial charge in [0.25, 0.3) is 0 Å². The lowest BCUT2D eigenvalue weighted by atomic mass is 9.94. The van der Waals surface area contributed by atoms with Gasteiger partial charge in [0.2, 0.25) is 0 Å². The van der Waals surface area contributed by atoms with Crippen LogP contribution in [0.5, 0.6) is 0 Å². The molecule has 0 aliphatic carbocycles. The van der Waals surface area contributed by atoms with Gasteiger partial charge in [0.15, 0.2) is 0 Å². The van der Waals surface area contributed by atoms with Gasteiger partial charge in [-0.25, -0.2) is 0 Å². The van der Waals surface area contributed by atoms with Gasteiger partial charge in [0.05, 0.1) is 0 Å². The molecule has 32 heavy (non-hydrogen) atoms. The molecular weight excluding hydrogens is 386 g/mol. The summed E-state index contributed by atoms with van der Waals surface area (Å²) >= 11 is 0. The molecule has 0 aliphatic rings. The number of hydrogen-bond donors (Lipinski definition) is 0. The van der Waals surface area contributed by atoms with Crippen molar-refractivity contribution in [3.05, 3.63) is 133 Å². The molecule has 5 aromatic rings. The Hall–Kier alpha value is -4.10. The highest BCUT2D eigenvalue weighted by molar-refractivity contribution is 5.87. The Morgan fingerprint density at radius 2 is 0.875 bits per heavy atom. The lowest BCUT2D eigenvalue weighted by Crippen LogP contribution is -2.10. The molecule has 5 aromatic carbocycles. The number of hydrogen-bond acceptors (Lipinski definition) is 1. The first-order chi connectivity index (χ1) is 15.8. The van der Waals surface area contributed by atoms with E-state index in [-0.39, 0.29) is 0 Å². The Labute approximate surface area is 190 Å². The van der Waals surface area contributed by atoms with Crippen LogP contribution in [0.2, 0.25) is 0 Å². The topological polar surface area (TPSA) is 3.24 Å². The van der Waals surface area contributed by atoms with Crippen LogP contribution in [0.3, 0.4) is 0 Å². The van der Waals surface area contributed by atoms with Crippen LogP contribution in [0.4, 0.5) is 11.4 Å². The van der Waals surface area contributed by atoms with Crippen LogP contribution >= 0.6 is 0 Å². The van der Waals surface area contributed by atoms with Crippen molar-refractivity contribution in [2.24, 2.45) is 0 Å². The van der Waals surface area contributed by atoms with Crippen LogP contribution in [0.15, 0.2) is 133 Å². The van der Waals surface area contributed by atoms with Crippen LogP contribution in [0, 0.1) is 0 Å². The standard InChI is InChI=1S/C31H25N/c1-32(31-22-11-10-21-30(31)25-15-6-3-7-16-25)27-18-12-17-26(23-27)29-20-9-8-19-28(29)24-13-4-2-5-14-24/h2-23H,1H3. The van der Waals surface area contributed by atoms with Gasteiger partial charge in [-0.1, -0.05) is 115 Å². The maximum atomic E-state index is 2.28. The zero-order chi connectivity index (χ0) is 21.8.